The number of benzene rings is 2. The van der Waals surface area contributed by atoms with E-state index < -0.39 is 199 Å². The third kappa shape index (κ3) is 35.8. The van der Waals surface area contributed by atoms with Gasteiger partial charge in [-0.25, -0.2) is 0 Å². The molecule has 1 aromatic heterocycles. The number of guanidine groups is 1. The second kappa shape index (κ2) is 51.0. The first-order valence-electron chi connectivity index (χ1n) is 36.8. The predicted octanol–water partition coefficient (Wildman–Crippen LogP) is -6.50. The van der Waals surface area contributed by atoms with Crippen LogP contribution < -0.4 is 109 Å². The molecule has 11 atom stereocenters. The molecule has 14 amide bonds. The zero-order valence-electron chi connectivity index (χ0n) is 63.2. The van der Waals surface area contributed by atoms with Crippen LogP contribution in [0.3, 0.4) is 0 Å². The fraction of sp³-hybridized carbons (Fsp3) is 0.577. The molecule has 0 bridgehead atoms. The van der Waals surface area contributed by atoms with Gasteiger partial charge in [0, 0.05) is 35.8 Å². The maximum absolute atomic E-state index is 14.4. The van der Waals surface area contributed by atoms with Gasteiger partial charge in [-0.1, -0.05) is 76.2 Å². The van der Waals surface area contributed by atoms with Gasteiger partial charge in [0.15, 0.2) is 5.96 Å². The molecule has 111 heavy (non-hydrogen) atoms. The Morgan fingerprint density at radius 2 is 0.901 bits per heavy atom. The molecule has 0 fully saturated rings. The topological polar surface area (TPSA) is 663 Å². The number of aromatic amines is 1. The summed E-state index contributed by atoms with van der Waals surface area (Å²) < 4.78 is 0. The minimum absolute atomic E-state index is 0.0270. The quantitative estimate of drug-likeness (QED) is 0.0108. The third-order valence-corrected chi connectivity index (χ3v) is 17.6. The van der Waals surface area contributed by atoms with Gasteiger partial charge in [-0.15, -0.1) is 0 Å². The number of hydrogen-bond acceptors (Lipinski definition) is 22. The normalized spacial score (nSPS) is 14.1. The van der Waals surface area contributed by atoms with Crippen LogP contribution in [0.5, 0.6) is 0 Å². The molecular weight excluding hydrogens is 1460 g/mol. The largest absolute Gasteiger partial charge is 0.480 e. The van der Waals surface area contributed by atoms with Gasteiger partial charge in [-0.05, 0) is 132 Å². The molecule has 0 saturated heterocycles. The number of aliphatic imine (C=N–C) groups is 1. The molecule has 30 N–H and O–H groups in total. The lowest BCUT2D eigenvalue weighted by Crippen LogP contribution is -2.60. The zero-order chi connectivity index (χ0) is 82.7. The molecule has 40 heteroatoms. The molecule has 39 nitrogen and oxygen atoms in total. The van der Waals surface area contributed by atoms with Crippen molar-refractivity contribution in [2.24, 2.45) is 57.0 Å². The SMILES string of the molecule is CC(C)C[C@H](NC(=O)CNC(=O)[C@@H](NC(=O)[C@H](Cc1ccccc1)NC(=O)[C@@H](N)Cc1c[nH]c2ccccc12)C(C)C)C(=O)N[C@@H](CCCCN)C(=O)N[C@@H](CCCCN)C(=O)N[C@@H](CC(N)=O)C(=O)NCC(=O)N[C@@H](CO)C(=O)N[C@@H](CS)C(=O)N[C@@H](CCCCN)C(=O)N[C@@H](CCCN=C(N)N)C(=O)NCC(=O)O. The maximum atomic E-state index is 14.4. The summed E-state index contributed by atoms with van der Waals surface area (Å²) in [5, 5.41) is 52.4. The number of carboxylic acids is 1. The molecule has 0 radical (unpaired) electrons. The van der Waals surface area contributed by atoms with E-state index in [0.717, 1.165) is 16.5 Å². The van der Waals surface area contributed by atoms with Gasteiger partial charge in [0.25, 0.3) is 0 Å². The lowest BCUT2D eigenvalue weighted by molar-refractivity contribution is -0.138. The fourth-order valence-corrected chi connectivity index (χ4v) is 11.6. The first-order chi connectivity index (χ1) is 52.7. The van der Waals surface area contributed by atoms with Crippen molar-refractivity contribution in [2.45, 2.75) is 190 Å². The summed E-state index contributed by atoms with van der Waals surface area (Å²) in [5.41, 5.74) is 42.3. The summed E-state index contributed by atoms with van der Waals surface area (Å²) in [5.74, 6) is -15.7. The average molecular weight is 1580 g/mol. The Morgan fingerprint density at radius 3 is 1.40 bits per heavy atom. The number of aliphatic carboxylic acids is 1. The van der Waals surface area contributed by atoms with Crippen LogP contribution in [0.2, 0.25) is 0 Å². The van der Waals surface area contributed by atoms with Crippen molar-refractivity contribution in [3.05, 3.63) is 71.9 Å². The molecule has 0 aliphatic carbocycles. The Kier molecular flexibility index (Phi) is 43.5. The smallest absolute Gasteiger partial charge is 0.322 e. The Hall–Kier alpha value is -10.5. The van der Waals surface area contributed by atoms with E-state index >= 15 is 0 Å². The number of carbonyl (C=O) groups is 15. The summed E-state index contributed by atoms with van der Waals surface area (Å²) >= 11 is 4.16. The van der Waals surface area contributed by atoms with E-state index in [4.69, 9.17) is 45.2 Å². The fourth-order valence-electron chi connectivity index (χ4n) is 11.3. The van der Waals surface area contributed by atoms with Crippen molar-refractivity contribution >= 4 is 118 Å². The molecular formula is C71H114N22O17S. The van der Waals surface area contributed by atoms with Crippen LogP contribution in [-0.2, 0) is 84.8 Å². The molecule has 616 valence electrons. The standard InChI is InChI=1S/C71H114N22O17S/c1-39(2)29-50(84-56(96)35-82-70(110)59(40(3)4)93-67(107)51(30-41-17-6-5-7-18-41)90-60(100)44(75)31-42-33-80-45-20-9-8-19-43(42)45)66(106)88-47(21-10-13-25-72)64(104)87-49(23-12-15-27-74)65(105)91-52(32-55(76)95)62(102)81-34-57(97)85-53(37-94)68(108)92-54(38-111)69(109)89-48(22-11-14-26-73)63(103)86-46(24-16-28-79-71(77)78)61(101)83-36-58(98)99/h5-9,17-20,33,39-40,44,46-54,59,80,94,111H,10-16,21-32,34-38,72-75H2,1-4H3,(H2,76,95)(H,81,102)(H,82,110)(H,83,101)(H,84,96)(H,85,97)(H,86,103)(H,87,104)(H,88,106)(H,89,109)(H,90,100)(H,91,105)(H,92,108)(H,93,107)(H,98,99)(H4,77,78,79)/t44-,46-,47-,48-,49-,50-,51-,52-,53-,54-,59-/m0/s1. The number of aliphatic hydroxyl groups is 1. The van der Waals surface area contributed by atoms with Crippen molar-refractivity contribution in [1.82, 2.24) is 74.1 Å². The number of hydrogen-bond donors (Lipinski definition) is 24. The number of amides is 14. The van der Waals surface area contributed by atoms with Crippen LogP contribution >= 0.6 is 12.6 Å². The number of fused-ring (bicyclic) bond motifs is 1. The highest BCUT2D eigenvalue weighted by Crippen LogP contribution is 2.20. The van der Waals surface area contributed by atoms with Gasteiger partial charge < -0.3 is 124 Å². The highest BCUT2D eigenvalue weighted by atomic mass is 32.1. The molecule has 3 aromatic rings. The Balaban J connectivity index is 1.73. The summed E-state index contributed by atoms with van der Waals surface area (Å²) in [6.45, 7) is 3.99. The minimum atomic E-state index is -1.80. The highest BCUT2D eigenvalue weighted by Gasteiger charge is 2.36. The third-order valence-electron chi connectivity index (χ3n) is 17.2. The van der Waals surface area contributed by atoms with Gasteiger partial charge in [0.2, 0.25) is 82.7 Å². The van der Waals surface area contributed by atoms with E-state index in [2.05, 4.69) is 91.7 Å². The van der Waals surface area contributed by atoms with Crippen molar-refractivity contribution in [2.75, 3.05) is 58.2 Å². The van der Waals surface area contributed by atoms with Crippen molar-refractivity contribution in [1.29, 1.82) is 0 Å². The first-order valence-corrected chi connectivity index (χ1v) is 37.5. The molecule has 2 aromatic carbocycles. The summed E-state index contributed by atoms with van der Waals surface area (Å²) in [7, 11) is 0. The van der Waals surface area contributed by atoms with E-state index in [1.54, 1.807) is 64.2 Å². The summed E-state index contributed by atoms with van der Waals surface area (Å²) in [4.78, 5) is 210. The first kappa shape index (κ1) is 94.7. The number of nitrogens with one attached hydrogen (secondary N) is 14. The molecule has 0 aliphatic rings. The number of thiol groups is 1. The number of nitrogens with two attached hydrogens (primary N) is 7. The molecule has 0 saturated carbocycles. The monoisotopic (exact) mass is 1580 g/mol. The van der Waals surface area contributed by atoms with Gasteiger partial charge in [0.05, 0.1) is 32.2 Å². The number of primary amides is 1. The highest BCUT2D eigenvalue weighted by molar-refractivity contribution is 7.80. The van der Waals surface area contributed by atoms with Gasteiger partial charge >= 0.3 is 5.97 Å². The Morgan fingerprint density at radius 1 is 0.468 bits per heavy atom. The maximum Gasteiger partial charge on any atom is 0.322 e. The average Bonchev–Trinajstić information content (AvgIpc) is 1.71. The number of rotatable bonds is 54. The molecule has 3 rings (SSSR count). The molecule has 0 spiro atoms. The van der Waals surface area contributed by atoms with Crippen LogP contribution in [0, 0.1) is 11.8 Å². The number of nitrogens with zero attached hydrogens (tertiary/aromatic N) is 1. The molecule has 0 unspecified atom stereocenters. The van der Waals surface area contributed by atoms with Crippen LogP contribution in [0.15, 0.2) is 65.8 Å². The van der Waals surface area contributed by atoms with Crippen molar-refractivity contribution in [3.8, 4) is 0 Å². The second-order valence-corrected chi connectivity index (χ2v) is 27.6. The van der Waals surface area contributed by atoms with Crippen LogP contribution in [0.1, 0.15) is 122 Å². The van der Waals surface area contributed by atoms with E-state index in [1.165, 1.54) is 0 Å². The van der Waals surface area contributed by atoms with E-state index in [1.807, 2.05) is 24.3 Å². The number of aliphatic hydroxyl groups excluding tert-OH is 1. The number of carboxylic acid groups (broad SMARTS) is 1. The van der Waals surface area contributed by atoms with E-state index in [9.17, 15) is 77.0 Å². The van der Waals surface area contributed by atoms with E-state index in [0.29, 0.717) is 24.8 Å². The lowest BCUT2D eigenvalue weighted by atomic mass is 10.00. The second-order valence-electron chi connectivity index (χ2n) is 27.3. The Labute approximate surface area is 649 Å². The van der Waals surface area contributed by atoms with Gasteiger partial charge in [-0.3, -0.25) is 76.9 Å². The number of carbonyl (C=O) groups excluding carboxylic acids is 14. The van der Waals surface area contributed by atoms with Crippen molar-refractivity contribution in [3.63, 3.8) is 0 Å². The van der Waals surface area contributed by atoms with Crippen LogP contribution in [0.4, 0.5) is 0 Å². The number of para-hydroxylation sites is 1. The van der Waals surface area contributed by atoms with E-state index in [-0.39, 0.29) is 109 Å². The number of aromatic nitrogens is 1. The predicted molar refractivity (Wildman–Crippen MR) is 414 cm³/mol. The summed E-state index contributed by atoms with van der Waals surface area (Å²) in [6, 6.07) is 0.923. The van der Waals surface area contributed by atoms with Crippen molar-refractivity contribution < 1.29 is 82.1 Å². The number of unbranched alkanes of at least 4 members (excludes halogenated alkanes) is 3. The lowest BCUT2D eigenvalue weighted by Gasteiger charge is -2.27. The zero-order valence-corrected chi connectivity index (χ0v) is 64.1. The van der Waals surface area contributed by atoms with Crippen LogP contribution in [0.25, 0.3) is 10.9 Å². The Bertz CT molecular complexity index is 3600. The summed E-state index contributed by atoms with van der Waals surface area (Å²) in [6.07, 6.45) is 2.96. The van der Waals surface area contributed by atoms with Gasteiger partial charge in [-0.2, -0.15) is 12.6 Å². The minimum Gasteiger partial charge on any atom is -0.480 e. The van der Waals surface area contributed by atoms with Gasteiger partial charge in [0.1, 0.15) is 67.0 Å². The molecule has 0 aliphatic heterocycles. The molecule has 1 heterocycles. The number of H-pyrrole nitrogens is 1. The van der Waals surface area contributed by atoms with Crippen LogP contribution in [-0.4, -0.2) is 234 Å².